The van der Waals surface area contributed by atoms with E-state index in [-0.39, 0.29) is 5.91 Å². The van der Waals surface area contributed by atoms with Crippen molar-refractivity contribution in [2.45, 2.75) is 19.3 Å². The second-order valence-electron chi connectivity index (χ2n) is 7.81. The molecule has 3 N–H and O–H groups in total. The zero-order valence-electron chi connectivity index (χ0n) is 17.6. The van der Waals surface area contributed by atoms with Gasteiger partial charge in [0.05, 0.1) is 22.6 Å². The number of nitrogens with zero attached hydrogens (tertiary/aromatic N) is 1. The predicted octanol–water partition coefficient (Wildman–Crippen LogP) is 5.85. The van der Waals surface area contributed by atoms with Gasteiger partial charge in [0.1, 0.15) is 0 Å². The molecule has 0 aliphatic heterocycles. The maximum Gasteiger partial charge on any atom is 0.238 e. The van der Waals surface area contributed by atoms with Crippen molar-refractivity contribution in [1.82, 2.24) is 15.4 Å². The molecule has 0 bridgehead atoms. The van der Waals surface area contributed by atoms with Gasteiger partial charge in [0.15, 0.2) is 0 Å². The summed E-state index contributed by atoms with van der Waals surface area (Å²) < 4.78 is 0. The average molecular weight is 421 g/mol. The van der Waals surface area contributed by atoms with Gasteiger partial charge in [0.2, 0.25) is 5.91 Å². The van der Waals surface area contributed by atoms with E-state index in [2.05, 4.69) is 46.2 Å². The van der Waals surface area contributed by atoms with E-state index in [1.54, 1.807) is 0 Å². The molecular formula is C27H24N4O. The van der Waals surface area contributed by atoms with Crippen LogP contribution in [0.4, 0.5) is 5.69 Å². The molecule has 1 amide bonds. The summed E-state index contributed by atoms with van der Waals surface area (Å²) >= 11 is 0. The smallest absolute Gasteiger partial charge is 0.238 e. The Morgan fingerprint density at radius 1 is 0.844 bits per heavy atom. The van der Waals surface area contributed by atoms with E-state index in [1.807, 2.05) is 60.7 Å². The third-order valence-electron chi connectivity index (χ3n) is 5.62. The Labute approximate surface area is 186 Å². The van der Waals surface area contributed by atoms with Gasteiger partial charge in [0.25, 0.3) is 0 Å². The lowest BCUT2D eigenvalue weighted by atomic mass is 10.0. The topological polar surface area (TPSA) is 69.8 Å². The SMILES string of the molecule is O=C(CCCc1c(-c2ccc3ccccc3n2)[nH]c2ccccc12)NNc1ccccc1. The molecule has 0 aliphatic carbocycles. The predicted molar refractivity (Wildman–Crippen MR) is 130 cm³/mol. The number of anilines is 1. The molecule has 158 valence electrons. The summed E-state index contributed by atoms with van der Waals surface area (Å²) in [7, 11) is 0. The van der Waals surface area contributed by atoms with Crippen LogP contribution >= 0.6 is 0 Å². The number of hydrazine groups is 1. The summed E-state index contributed by atoms with van der Waals surface area (Å²) in [5, 5.41) is 2.30. The van der Waals surface area contributed by atoms with Crippen LogP contribution in [-0.4, -0.2) is 15.9 Å². The Morgan fingerprint density at radius 3 is 2.53 bits per heavy atom. The van der Waals surface area contributed by atoms with Crippen LogP contribution in [-0.2, 0) is 11.2 Å². The third-order valence-corrected chi connectivity index (χ3v) is 5.62. The molecule has 0 spiro atoms. The second-order valence-corrected chi connectivity index (χ2v) is 7.81. The number of hydrogen-bond acceptors (Lipinski definition) is 3. The minimum absolute atomic E-state index is 0.0286. The summed E-state index contributed by atoms with van der Waals surface area (Å²) in [5.41, 5.74) is 11.8. The molecule has 5 aromatic rings. The van der Waals surface area contributed by atoms with Gasteiger partial charge in [-0.15, -0.1) is 0 Å². The normalized spacial score (nSPS) is 11.0. The molecule has 5 nitrogen and oxygen atoms in total. The second kappa shape index (κ2) is 8.94. The highest BCUT2D eigenvalue weighted by atomic mass is 16.2. The number of nitrogens with one attached hydrogen (secondary N) is 3. The van der Waals surface area contributed by atoms with E-state index < -0.39 is 0 Å². The number of benzene rings is 3. The quantitative estimate of drug-likeness (QED) is 0.289. The minimum atomic E-state index is -0.0286. The van der Waals surface area contributed by atoms with Crippen molar-refractivity contribution in [1.29, 1.82) is 0 Å². The Morgan fingerprint density at radius 2 is 1.62 bits per heavy atom. The number of carbonyl (C=O) groups is 1. The van der Waals surface area contributed by atoms with Crippen LogP contribution in [0.1, 0.15) is 18.4 Å². The zero-order chi connectivity index (χ0) is 21.8. The average Bonchev–Trinajstić information content (AvgIpc) is 3.22. The van der Waals surface area contributed by atoms with E-state index >= 15 is 0 Å². The molecule has 32 heavy (non-hydrogen) atoms. The number of hydrogen-bond donors (Lipinski definition) is 3. The van der Waals surface area contributed by atoms with Gasteiger partial charge in [-0.2, -0.15) is 0 Å². The van der Waals surface area contributed by atoms with Crippen LogP contribution in [0, 0.1) is 0 Å². The Kier molecular flexibility index (Phi) is 5.54. The van der Waals surface area contributed by atoms with Crippen molar-refractivity contribution >= 4 is 33.4 Å². The molecular weight excluding hydrogens is 396 g/mol. The fourth-order valence-corrected chi connectivity index (χ4v) is 4.04. The number of aryl methyl sites for hydroxylation is 1. The largest absolute Gasteiger partial charge is 0.353 e. The maximum absolute atomic E-state index is 12.3. The van der Waals surface area contributed by atoms with Gasteiger partial charge >= 0.3 is 0 Å². The lowest BCUT2D eigenvalue weighted by Gasteiger charge is -2.09. The molecule has 5 rings (SSSR count). The summed E-state index contributed by atoms with van der Waals surface area (Å²) in [6.45, 7) is 0. The number of amides is 1. The van der Waals surface area contributed by atoms with Gasteiger partial charge in [-0.05, 0) is 48.7 Å². The molecule has 0 aliphatic rings. The van der Waals surface area contributed by atoms with Crippen LogP contribution in [0.2, 0.25) is 0 Å². The number of aromatic amines is 1. The number of para-hydroxylation sites is 3. The van der Waals surface area contributed by atoms with Crippen molar-refractivity contribution < 1.29 is 4.79 Å². The van der Waals surface area contributed by atoms with Gasteiger partial charge < -0.3 is 4.98 Å². The van der Waals surface area contributed by atoms with Crippen molar-refractivity contribution in [3.05, 3.63) is 96.6 Å². The van der Waals surface area contributed by atoms with Gasteiger partial charge in [-0.1, -0.05) is 60.7 Å². The number of fused-ring (bicyclic) bond motifs is 2. The van der Waals surface area contributed by atoms with Crippen LogP contribution < -0.4 is 10.9 Å². The molecule has 0 saturated heterocycles. The highest BCUT2D eigenvalue weighted by Gasteiger charge is 2.15. The molecule has 0 saturated carbocycles. The summed E-state index contributed by atoms with van der Waals surface area (Å²) in [4.78, 5) is 20.8. The van der Waals surface area contributed by atoms with E-state index in [1.165, 1.54) is 10.9 Å². The summed E-state index contributed by atoms with van der Waals surface area (Å²) in [5.74, 6) is -0.0286. The number of pyridine rings is 1. The maximum atomic E-state index is 12.3. The van der Waals surface area contributed by atoms with Gasteiger partial charge in [0, 0.05) is 22.7 Å². The lowest BCUT2D eigenvalue weighted by Crippen LogP contribution is -2.29. The van der Waals surface area contributed by atoms with Crippen LogP contribution in [0.3, 0.4) is 0 Å². The van der Waals surface area contributed by atoms with Crippen molar-refractivity contribution in [2.24, 2.45) is 0 Å². The molecule has 0 atom stereocenters. The fraction of sp³-hybridized carbons (Fsp3) is 0.111. The monoisotopic (exact) mass is 420 g/mol. The molecule has 0 unspecified atom stereocenters. The third kappa shape index (κ3) is 4.18. The Bertz CT molecular complexity index is 1370. The van der Waals surface area contributed by atoms with E-state index in [0.29, 0.717) is 6.42 Å². The van der Waals surface area contributed by atoms with Crippen molar-refractivity contribution in [3.8, 4) is 11.4 Å². The number of H-pyrrole nitrogens is 1. The molecule has 2 heterocycles. The lowest BCUT2D eigenvalue weighted by molar-refractivity contribution is -0.120. The van der Waals surface area contributed by atoms with Crippen molar-refractivity contribution in [3.63, 3.8) is 0 Å². The molecule has 2 aromatic heterocycles. The first kappa shape index (κ1) is 19.8. The first-order valence-electron chi connectivity index (χ1n) is 10.8. The molecule has 5 heteroatoms. The Balaban J connectivity index is 1.34. The van der Waals surface area contributed by atoms with Gasteiger partial charge in [-0.25, -0.2) is 4.98 Å². The van der Waals surface area contributed by atoms with Gasteiger partial charge in [-0.3, -0.25) is 15.6 Å². The molecule has 0 fully saturated rings. The minimum Gasteiger partial charge on any atom is -0.353 e. The molecule has 0 radical (unpaired) electrons. The van der Waals surface area contributed by atoms with Crippen molar-refractivity contribution in [2.75, 3.05) is 5.43 Å². The number of aromatic nitrogens is 2. The summed E-state index contributed by atoms with van der Waals surface area (Å²) in [6.07, 6.45) is 1.96. The highest BCUT2D eigenvalue weighted by Crippen LogP contribution is 2.31. The number of carbonyl (C=O) groups excluding carboxylic acids is 1. The van der Waals surface area contributed by atoms with E-state index in [0.717, 1.165) is 46.3 Å². The van der Waals surface area contributed by atoms with Crippen LogP contribution in [0.25, 0.3) is 33.2 Å². The molecule has 3 aromatic carbocycles. The number of rotatable bonds is 7. The fourth-order valence-electron chi connectivity index (χ4n) is 4.04. The first-order chi connectivity index (χ1) is 15.8. The highest BCUT2D eigenvalue weighted by molar-refractivity contribution is 5.91. The van der Waals surface area contributed by atoms with E-state index in [9.17, 15) is 4.79 Å². The standard InChI is InChI=1S/C27H24N4O/c32-26(31-30-20-10-2-1-3-11-20)16-8-13-22-21-12-5-7-15-24(21)29-27(22)25-18-17-19-9-4-6-14-23(19)28-25/h1-7,9-12,14-15,17-18,29-30H,8,13,16H2,(H,31,32). The Hall–Kier alpha value is -4.12. The zero-order valence-corrected chi connectivity index (χ0v) is 17.6. The van der Waals surface area contributed by atoms with E-state index in [4.69, 9.17) is 4.98 Å². The van der Waals surface area contributed by atoms with Crippen LogP contribution in [0.15, 0.2) is 91.0 Å². The summed E-state index contributed by atoms with van der Waals surface area (Å²) in [6, 6.07) is 30.2. The van der Waals surface area contributed by atoms with Crippen LogP contribution in [0.5, 0.6) is 0 Å². The first-order valence-corrected chi connectivity index (χ1v) is 10.8.